The van der Waals surface area contributed by atoms with Gasteiger partial charge in [0.05, 0.1) is 6.61 Å². The third kappa shape index (κ3) is 2.62. The molecular formula is C14H20N2O3. The van der Waals surface area contributed by atoms with Gasteiger partial charge < -0.3 is 24.8 Å². The summed E-state index contributed by atoms with van der Waals surface area (Å²) in [7, 11) is 0. The number of rotatable bonds is 2. The highest BCUT2D eigenvalue weighted by Gasteiger charge is 2.23. The van der Waals surface area contributed by atoms with E-state index in [0.29, 0.717) is 12.7 Å². The summed E-state index contributed by atoms with van der Waals surface area (Å²) in [6.07, 6.45) is 0. The van der Waals surface area contributed by atoms with Gasteiger partial charge in [0.2, 0.25) is 6.79 Å². The van der Waals surface area contributed by atoms with Crippen molar-refractivity contribution >= 4 is 5.69 Å². The summed E-state index contributed by atoms with van der Waals surface area (Å²) in [6, 6.07) is 6.15. The number of benzene rings is 1. The maximum atomic E-state index is 9.39. The lowest BCUT2D eigenvalue weighted by molar-refractivity contribution is 0.174. The molecule has 2 aliphatic heterocycles. The molecule has 2 N–H and O–H groups in total. The van der Waals surface area contributed by atoms with E-state index in [2.05, 4.69) is 23.2 Å². The first-order chi connectivity index (χ1) is 9.26. The summed E-state index contributed by atoms with van der Waals surface area (Å²) in [5.41, 5.74) is 1.12. The molecule has 3 rings (SSSR count). The van der Waals surface area contributed by atoms with Gasteiger partial charge in [0.1, 0.15) is 0 Å². The Kier molecular flexibility index (Phi) is 3.48. The van der Waals surface area contributed by atoms with E-state index in [4.69, 9.17) is 9.47 Å². The van der Waals surface area contributed by atoms with Gasteiger partial charge in [-0.2, -0.15) is 0 Å². The molecule has 19 heavy (non-hydrogen) atoms. The maximum absolute atomic E-state index is 9.39. The molecule has 1 aromatic carbocycles. The third-order valence-corrected chi connectivity index (χ3v) is 3.67. The highest BCUT2D eigenvalue weighted by molar-refractivity contribution is 5.57. The molecule has 104 valence electrons. The van der Waals surface area contributed by atoms with Gasteiger partial charge in [-0.15, -0.1) is 0 Å². The number of ether oxygens (including phenoxy) is 2. The smallest absolute Gasteiger partial charge is 0.231 e. The molecule has 0 bridgehead atoms. The van der Waals surface area contributed by atoms with Crippen molar-refractivity contribution in [2.75, 3.05) is 37.9 Å². The fourth-order valence-corrected chi connectivity index (χ4v) is 2.63. The number of nitrogens with one attached hydrogen (secondary N) is 1. The molecule has 2 heterocycles. The first-order valence-electron chi connectivity index (χ1n) is 6.75. The molecule has 2 atom stereocenters. The van der Waals surface area contributed by atoms with Gasteiger partial charge in [0, 0.05) is 30.9 Å². The molecule has 1 fully saturated rings. The normalized spacial score (nSPS) is 26.3. The van der Waals surface area contributed by atoms with E-state index in [1.54, 1.807) is 0 Å². The zero-order valence-electron chi connectivity index (χ0n) is 11.1. The number of anilines is 1. The fraction of sp³-hybridized carbons (Fsp3) is 0.571. The molecule has 1 saturated heterocycles. The Morgan fingerprint density at radius 1 is 1.32 bits per heavy atom. The molecule has 1 aromatic rings. The van der Waals surface area contributed by atoms with Crippen LogP contribution in [0.15, 0.2) is 18.2 Å². The van der Waals surface area contributed by atoms with Crippen LogP contribution in [0.25, 0.3) is 0 Å². The van der Waals surface area contributed by atoms with E-state index in [9.17, 15) is 5.11 Å². The molecular weight excluding hydrogens is 244 g/mol. The summed E-state index contributed by atoms with van der Waals surface area (Å²) >= 11 is 0. The Balaban J connectivity index is 1.82. The molecule has 5 nitrogen and oxygen atoms in total. The van der Waals surface area contributed by atoms with Crippen LogP contribution in [0, 0.1) is 5.92 Å². The first kappa shape index (κ1) is 12.6. The minimum atomic E-state index is 0.121. The average Bonchev–Trinajstić information content (AvgIpc) is 2.80. The van der Waals surface area contributed by atoms with Gasteiger partial charge in [-0.25, -0.2) is 0 Å². The van der Waals surface area contributed by atoms with Crippen molar-refractivity contribution in [1.29, 1.82) is 0 Å². The fourth-order valence-electron chi connectivity index (χ4n) is 2.63. The second kappa shape index (κ2) is 5.27. The van der Waals surface area contributed by atoms with Crippen molar-refractivity contribution in [3.63, 3.8) is 0 Å². The van der Waals surface area contributed by atoms with Crippen molar-refractivity contribution in [2.24, 2.45) is 5.92 Å². The predicted octanol–water partition coefficient (Wildman–Crippen LogP) is 0.822. The Bertz CT molecular complexity index is 452. The lowest BCUT2D eigenvalue weighted by Gasteiger charge is -2.26. The molecule has 0 spiro atoms. The summed E-state index contributed by atoms with van der Waals surface area (Å²) in [5, 5.41) is 12.8. The van der Waals surface area contributed by atoms with Gasteiger partial charge in [-0.3, -0.25) is 0 Å². The van der Waals surface area contributed by atoms with E-state index < -0.39 is 0 Å². The van der Waals surface area contributed by atoms with Crippen LogP contribution < -0.4 is 19.7 Å². The van der Waals surface area contributed by atoms with Crippen molar-refractivity contribution in [2.45, 2.75) is 13.0 Å². The molecule has 2 aliphatic rings. The molecule has 2 unspecified atom stereocenters. The Morgan fingerprint density at radius 3 is 3.00 bits per heavy atom. The van der Waals surface area contributed by atoms with Crippen LogP contribution in [0.4, 0.5) is 5.69 Å². The van der Waals surface area contributed by atoms with Gasteiger partial charge in [0.25, 0.3) is 0 Å². The van der Waals surface area contributed by atoms with Crippen LogP contribution in [0.5, 0.6) is 11.5 Å². The summed E-state index contributed by atoms with van der Waals surface area (Å²) in [5.74, 6) is 2.16. The SMILES string of the molecule is CC1CNC(CO)CN(c2ccc3c(c2)OCO3)C1. The van der Waals surface area contributed by atoms with Crippen molar-refractivity contribution in [3.05, 3.63) is 18.2 Å². The number of nitrogens with zero attached hydrogens (tertiary/aromatic N) is 1. The third-order valence-electron chi connectivity index (χ3n) is 3.67. The Morgan fingerprint density at radius 2 is 2.16 bits per heavy atom. The van der Waals surface area contributed by atoms with Gasteiger partial charge >= 0.3 is 0 Å². The van der Waals surface area contributed by atoms with Crippen molar-refractivity contribution < 1.29 is 14.6 Å². The van der Waals surface area contributed by atoms with E-state index in [1.807, 2.05) is 12.1 Å². The number of aliphatic hydroxyl groups is 1. The molecule has 0 radical (unpaired) electrons. The molecule has 0 amide bonds. The zero-order chi connectivity index (χ0) is 13.2. The highest BCUT2D eigenvalue weighted by atomic mass is 16.7. The second-order valence-electron chi connectivity index (χ2n) is 5.34. The minimum absolute atomic E-state index is 0.121. The molecule has 5 heteroatoms. The van der Waals surface area contributed by atoms with Crippen LogP contribution in [0.1, 0.15) is 6.92 Å². The number of aliphatic hydroxyl groups excluding tert-OH is 1. The Labute approximate surface area is 113 Å². The number of hydrogen-bond acceptors (Lipinski definition) is 5. The molecule has 0 aliphatic carbocycles. The van der Waals surface area contributed by atoms with Crippen molar-refractivity contribution in [3.8, 4) is 11.5 Å². The van der Waals surface area contributed by atoms with Crippen LogP contribution in [-0.4, -0.2) is 44.2 Å². The van der Waals surface area contributed by atoms with Gasteiger partial charge in [0.15, 0.2) is 11.5 Å². The molecule has 0 aromatic heterocycles. The lowest BCUT2D eigenvalue weighted by Crippen LogP contribution is -2.40. The van der Waals surface area contributed by atoms with Crippen LogP contribution in [0.3, 0.4) is 0 Å². The first-order valence-corrected chi connectivity index (χ1v) is 6.75. The Hall–Kier alpha value is -1.46. The van der Waals surface area contributed by atoms with Crippen LogP contribution in [0.2, 0.25) is 0 Å². The van der Waals surface area contributed by atoms with Gasteiger partial charge in [-0.1, -0.05) is 6.92 Å². The van der Waals surface area contributed by atoms with Crippen LogP contribution >= 0.6 is 0 Å². The summed E-state index contributed by atoms with van der Waals surface area (Å²) in [4.78, 5) is 2.30. The quantitative estimate of drug-likeness (QED) is 0.828. The topological polar surface area (TPSA) is 54.0 Å². The van der Waals surface area contributed by atoms with Crippen LogP contribution in [-0.2, 0) is 0 Å². The van der Waals surface area contributed by atoms with E-state index in [-0.39, 0.29) is 12.6 Å². The van der Waals surface area contributed by atoms with Crippen molar-refractivity contribution in [1.82, 2.24) is 5.32 Å². The number of fused-ring (bicyclic) bond motifs is 1. The monoisotopic (exact) mass is 264 g/mol. The standard InChI is InChI=1S/C14H20N2O3/c1-10-5-15-11(8-17)7-16(6-10)12-2-3-13-14(4-12)19-9-18-13/h2-4,10-11,15,17H,5-9H2,1H3. The highest BCUT2D eigenvalue weighted by Crippen LogP contribution is 2.35. The maximum Gasteiger partial charge on any atom is 0.231 e. The van der Waals surface area contributed by atoms with E-state index in [0.717, 1.165) is 36.8 Å². The zero-order valence-corrected chi connectivity index (χ0v) is 11.1. The summed E-state index contributed by atoms with van der Waals surface area (Å²) < 4.78 is 10.8. The lowest BCUT2D eigenvalue weighted by atomic mass is 10.1. The predicted molar refractivity (Wildman–Crippen MR) is 72.8 cm³/mol. The van der Waals surface area contributed by atoms with E-state index >= 15 is 0 Å². The number of hydrogen-bond donors (Lipinski definition) is 2. The summed E-state index contributed by atoms with van der Waals surface area (Å²) in [6.45, 7) is 5.40. The van der Waals surface area contributed by atoms with E-state index in [1.165, 1.54) is 0 Å². The second-order valence-corrected chi connectivity index (χ2v) is 5.34. The minimum Gasteiger partial charge on any atom is -0.454 e. The van der Waals surface area contributed by atoms with Gasteiger partial charge in [-0.05, 0) is 24.6 Å². The molecule has 0 saturated carbocycles. The average molecular weight is 264 g/mol. The largest absolute Gasteiger partial charge is 0.454 e.